The van der Waals surface area contributed by atoms with Gasteiger partial charge in [-0.1, -0.05) is 162 Å². The minimum Gasteiger partial charge on any atom is -0.306 e. The molecule has 4 nitrogen and oxygen atoms in total. The van der Waals surface area contributed by atoms with Gasteiger partial charge in [-0.05, 0) is 60.4 Å². The zero-order chi connectivity index (χ0) is 36.3. The molecular formula is C45H70N2O2S2. The van der Waals surface area contributed by atoms with Crippen LogP contribution in [0.2, 0.25) is 0 Å². The van der Waals surface area contributed by atoms with Gasteiger partial charge in [0.15, 0.2) is 0 Å². The van der Waals surface area contributed by atoms with Gasteiger partial charge in [-0.15, -0.1) is 22.7 Å². The van der Waals surface area contributed by atoms with Gasteiger partial charge in [0.05, 0.1) is 32.3 Å². The minimum atomic E-state index is 0.0477. The highest BCUT2D eigenvalue weighted by atomic mass is 32.1. The molecule has 0 aromatic carbocycles. The number of carbonyl (C=O) groups is 2. The molecule has 2 aromatic heterocycles. The molecule has 2 aromatic rings. The number of thiophene rings is 2. The molecule has 0 saturated carbocycles. The molecule has 0 aliphatic carbocycles. The summed E-state index contributed by atoms with van der Waals surface area (Å²) in [7, 11) is 0. The van der Waals surface area contributed by atoms with Crippen LogP contribution in [-0.2, 0) is 9.59 Å². The Hall–Kier alpha value is -2.18. The van der Waals surface area contributed by atoms with Crippen molar-refractivity contribution < 1.29 is 9.59 Å². The van der Waals surface area contributed by atoms with E-state index in [1.165, 1.54) is 122 Å². The van der Waals surface area contributed by atoms with Gasteiger partial charge in [-0.2, -0.15) is 0 Å². The van der Waals surface area contributed by atoms with Crippen molar-refractivity contribution in [2.45, 2.75) is 175 Å². The smallest absolute Gasteiger partial charge is 0.261 e. The molecule has 2 amide bonds. The molecule has 0 saturated heterocycles. The molecule has 4 heterocycles. The van der Waals surface area contributed by atoms with Crippen molar-refractivity contribution in [2.24, 2.45) is 11.8 Å². The van der Waals surface area contributed by atoms with Gasteiger partial charge < -0.3 is 9.80 Å². The summed E-state index contributed by atoms with van der Waals surface area (Å²) in [5.41, 5.74) is 3.10. The minimum absolute atomic E-state index is 0.0477. The molecule has 6 heteroatoms. The normalized spacial score (nSPS) is 15.9. The van der Waals surface area contributed by atoms with Crippen LogP contribution in [0.4, 0.5) is 0 Å². The van der Waals surface area contributed by atoms with Crippen LogP contribution in [0.3, 0.4) is 0 Å². The van der Waals surface area contributed by atoms with Crippen molar-refractivity contribution in [3.63, 3.8) is 0 Å². The number of unbranched alkanes of at least 4 members (excludes halogenated alkanes) is 15. The van der Waals surface area contributed by atoms with Crippen LogP contribution in [0, 0.1) is 11.8 Å². The van der Waals surface area contributed by atoms with Gasteiger partial charge >= 0.3 is 0 Å². The summed E-state index contributed by atoms with van der Waals surface area (Å²) in [6.07, 6.45) is 28.7. The van der Waals surface area contributed by atoms with Gasteiger partial charge in [0.1, 0.15) is 0 Å². The van der Waals surface area contributed by atoms with Crippen LogP contribution in [-0.4, -0.2) is 34.7 Å². The summed E-state index contributed by atoms with van der Waals surface area (Å²) in [5, 5.41) is 4.18. The molecule has 0 spiro atoms. The second-order valence-corrected chi connectivity index (χ2v) is 17.3. The van der Waals surface area contributed by atoms with E-state index in [0.717, 1.165) is 46.8 Å². The summed E-state index contributed by atoms with van der Waals surface area (Å²) in [5.74, 6) is 0.991. The van der Waals surface area contributed by atoms with E-state index in [2.05, 4.69) is 67.6 Å². The molecule has 51 heavy (non-hydrogen) atoms. The Morgan fingerprint density at radius 3 is 1.14 bits per heavy atom. The lowest BCUT2D eigenvalue weighted by Gasteiger charge is -2.29. The fraction of sp³-hybridized carbons (Fsp3) is 0.689. The zero-order valence-electron chi connectivity index (χ0n) is 32.8. The Labute approximate surface area is 320 Å². The average Bonchev–Trinajstić information content (AvgIpc) is 3.95. The molecule has 2 atom stereocenters. The van der Waals surface area contributed by atoms with Crippen LogP contribution in [0.5, 0.6) is 0 Å². The molecular weight excluding hydrogens is 665 g/mol. The SMILES string of the molecule is CCCCCCCCC(CCCCC)CN1C(=O)C2=C(c3cccs3)N(CC(CCCCCC)CCCCCCCC)C(=O)C2=C1c1cccs1. The number of carbonyl (C=O) groups excluding carboxylic acids is 2. The predicted molar refractivity (Wildman–Crippen MR) is 222 cm³/mol. The van der Waals surface area contributed by atoms with E-state index in [1.807, 2.05) is 4.90 Å². The summed E-state index contributed by atoms with van der Waals surface area (Å²) in [6, 6.07) is 8.37. The molecule has 0 radical (unpaired) electrons. The van der Waals surface area contributed by atoms with Crippen LogP contribution in [0.1, 0.15) is 185 Å². The lowest BCUT2D eigenvalue weighted by atomic mass is 9.93. The number of hydrogen-bond donors (Lipinski definition) is 0. The maximum Gasteiger partial charge on any atom is 0.261 e. The fourth-order valence-electron chi connectivity index (χ4n) is 8.22. The molecule has 0 fully saturated rings. The summed E-state index contributed by atoms with van der Waals surface area (Å²) in [4.78, 5) is 36.0. The Bertz CT molecular complexity index is 1340. The Morgan fingerprint density at radius 1 is 0.471 bits per heavy atom. The van der Waals surface area contributed by atoms with E-state index in [4.69, 9.17) is 0 Å². The fourth-order valence-corrected chi connectivity index (χ4v) is 9.79. The van der Waals surface area contributed by atoms with Gasteiger partial charge in [0.2, 0.25) is 0 Å². The second kappa shape index (κ2) is 23.5. The highest BCUT2D eigenvalue weighted by Gasteiger charge is 2.49. The van der Waals surface area contributed by atoms with Crippen LogP contribution < -0.4 is 0 Å². The molecule has 284 valence electrons. The Morgan fingerprint density at radius 2 is 0.784 bits per heavy atom. The van der Waals surface area contributed by atoms with Crippen molar-refractivity contribution in [3.05, 3.63) is 55.9 Å². The number of rotatable bonds is 29. The number of hydrogen-bond acceptors (Lipinski definition) is 4. The van der Waals surface area contributed by atoms with Gasteiger partial charge in [0.25, 0.3) is 11.8 Å². The largest absolute Gasteiger partial charge is 0.306 e. The van der Waals surface area contributed by atoms with Crippen molar-refractivity contribution in [3.8, 4) is 0 Å². The number of fused-ring (bicyclic) bond motifs is 1. The molecule has 0 bridgehead atoms. The Balaban J connectivity index is 1.63. The number of amides is 2. The quantitative estimate of drug-likeness (QED) is 0.0781. The average molecular weight is 735 g/mol. The zero-order valence-corrected chi connectivity index (χ0v) is 34.5. The summed E-state index contributed by atoms with van der Waals surface area (Å²) in [6.45, 7) is 10.5. The summed E-state index contributed by atoms with van der Waals surface area (Å²) < 4.78 is 0. The van der Waals surface area contributed by atoms with E-state index < -0.39 is 0 Å². The van der Waals surface area contributed by atoms with Gasteiger partial charge in [-0.3, -0.25) is 9.59 Å². The summed E-state index contributed by atoms with van der Waals surface area (Å²) >= 11 is 3.32. The highest BCUT2D eigenvalue weighted by molar-refractivity contribution is 7.11. The second-order valence-electron chi connectivity index (χ2n) is 15.4. The van der Waals surface area contributed by atoms with Crippen molar-refractivity contribution >= 4 is 45.9 Å². The first-order valence-corrected chi connectivity index (χ1v) is 23.0. The first-order valence-electron chi connectivity index (χ1n) is 21.3. The maximum absolute atomic E-state index is 14.9. The van der Waals surface area contributed by atoms with E-state index >= 15 is 0 Å². The van der Waals surface area contributed by atoms with Crippen LogP contribution >= 0.6 is 22.7 Å². The Kier molecular flexibility index (Phi) is 19.1. The molecule has 2 aliphatic rings. The first kappa shape index (κ1) is 41.6. The van der Waals surface area contributed by atoms with E-state index in [9.17, 15) is 9.59 Å². The molecule has 4 rings (SSSR count). The third-order valence-electron chi connectivity index (χ3n) is 11.2. The van der Waals surface area contributed by atoms with Gasteiger partial charge in [0, 0.05) is 13.1 Å². The van der Waals surface area contributed by atoms with E-state index in [1.54, 1.807) is 22.7 Å². The van der Waals surface area contributed by atoms with E-state index in [-0.39, 0.29) is 11.8 Å². The molecule has 2 aliphatic heterocycles. The van der Waals surface area contributed by atoms with E-state index in [0.29, 0.717) is 36.1 Å². The highest BCUT2D eigenvalue weighted by Crippen LogP contribution is 2.49. The lowest BCUT2D eigenvalue weighted by molar-refractivity contribution is -0.124. The molecule has 0 N–H and O–H groups in total. The van der Waals surface area contributed by atoms with Crippen molar-refractivity contribution in [2.75, 3.05) is 13.1 Å². The third kappa shape index (κ3) is 12.2. The lowest BCUT2D eigenvalue weighted by Crippen LogP contribution is -2.34. The standard InChI is InChI=1S/C45H70N2O2S2/c1-5-9-13-16-18-22-28-36(26-20-12-8-4)34-46-42(38-30-24-32-50-38)40-41(44(46)48)43(39-31-25-33-51-39)47(45(40)49)35-37(27-21-15-11-7-3)29-23-19-17-14-10-6-2/h24-25,30-33,36-37H,5-23,26-29,34-35H2,1-4H3. The van der Waals surface area contributed by atoms with Crippen molar-refractivity contribution in [1.29, 1.82) is 0 Å². The third-order valence-corrected chi connectivity index (χ3v) is 12.9. The topological polar surface area (TPSA) is 40.6 Å². The van der Waals surface area contributed by atoms with Crippen molar-refractivity contribution in [1.82, 2.24) is 9.80 Å². The van der Waals surface area contributed by atoms with Gasteiger partial charge in [-0.25, -0.2) is 0 Å². The first-order chi connectivity index (χ1) is 25.0. The van der Waals surface area contributed by atoms with Crippen LogP contribution in [0.25, 0.3) is 11.4 Å². The molecule has 2 unspecified atom stereocenters. The monoisotopic (exact) mass is 734 g/mol. The predicted octanol–water partition coefficient (Wildman–Crippen LogP) is 13.9. The van der Waals surface area contributed by atoms with Crippen LogP contribution in [0.15, 0.2) is 46.2 Å². The maximum atomic E-state index is 14.9. The number of nitrogens with zero attached hydrogens (tertiary/aromatic N) is 2.